The molecule has 1 fully saturated rings. The molecule has 0 aliphatic carbocycles. The number of piperidine rings is 1. The molecule has 0 radical (unpaired) electrons. The first-order valence-corrected chi connectivity index (χ1v) is 6.46. The van der Waals surface area contributed by atoms with E-state index >= 15 is 0 Å². The van der Waals surface area contributed by atoms with E-state index in [9.17, 15) is 0 Å². The first-order chi connectivity index (χ1) is 8.39. The molecular formula is C14H22N4. The molecule has 18 heavy (non-hydrogen) atoms. The van der Waals surface area contributed by atoms with Gasteiger partial charge in [0.25, 0.3) is 0 Å². The SMILES string of the molecule is Cc1ccc(C(=N)N)c(N2CCCC(C)(C)C2)n1. The topological polar surface area (TPSA) is 66.0 Å². The van der Waals surface area contributed by atoms with Gasteiger partial charge in [0.05, 0.1) is 5.56 Å². The summed E-state index contributed by atoms with van der Waals surface area (Å²) in [5.74, 6) is 0.969. The lowest BCUT2D eigenvalue weighted by Crippen LogP contribution is -2.41. The Morgan fingerprint density at radius 1 is 1.44 bits per heavy atom. The molecular weight excluding hydrogens is 224 g/mol. The summed E-state index contributed by atoms with van der Waals surface area (Å²) in [7, 11) is 0. The fourth-order valence-electron chi connectivity index (χ4n) is 2.60. The summed E-state index contributed by atoms with van der Waals surface area (Å²) in [6.45, 7) is 8.51. The van der Waals surface area contributed by atoms with Gasteiger partial charge in [-0.25, -0.2) is 4.98 Å². The molecule has 1 saturated heterocycles. The second kappa shape index (κ2) is 4.59. The van der Waals surface area contributed by atoms with Gasteiger partial charge in [0, 0.05) is 18.8 Å². The fourth-order valence-corrected chi connectivity index (χ4v) is 2.60. The van der Waals surface area contributed by atoms with Crippen LogP contribution in [0.15, 0.2) is 12.1 Å². The van der Waals surface area contributed by atoms with E-state index in [4.69, 9.17) is 11.1 Å². The van der Waals surface area contributed by atoms with Gasteiger partial charge in [-0.3, -0.25) is 5.41 Å². The van der Waals surface area contributed by atoms with E-state index < -0.39 is 0 Å². The monoisotopic (exact) mass is 246 g/mol. The van der Waals surface area contributed by atoms with Crippen molar-refractivity contribution < 1.29 is 0 Å². The number of hydrogen-bond donors (Lipinski definition) is 2. The molecule has 0 amide bonds. The smallest absolute Gasteiger partial charge is 0.139 e. The zero-order valence-corrected chi connectivity index (χ0v) is 11.5. The van der Waals surface area contributed by atoms with Crippen molar-refractivity contribution in [1.29, 1.82) is 5.41 Å². The number of nitrogens with zero attached hydrogens (tertiary/aromatic N) is 2. The van der Waals surface area contributed by atoms with Gasteiger partial charge in [-0.05, 0) is 37.3 Å². The number of aromatic nitrogens is 1. The molecule has 0 aromatic carbocycles. The van der Waals surface area contributed by atoms with Crippen LogP contribution in [0.25, 0.3) is 0 Å². The second-order valence-electron chi connectivity index (χ2n) is 5.93. The average molecular weight is 246 g/mol. The summed E-state index contributed by atoms with van der Waals surface area (Å²) >= 11 is 0. The fraction of sp³-hybridized carbons (Fsp3) is 0.571. The quantitative estimate of drug-likeness (QED) is 0.621. The first kappa shape index (κ1) is 12.9. The molecule has 1 aromatic rings. The summed E-state index contributed by atoms with van der Waals surface area (Å²) in [6, 6.07) is 3.82. The summed E-state index contributed by atoms with van der Waals surface area (Å²) in [4.78, 5) is 6.86. The Morgan fingerprint density at radius 3 is 2.78 bits per heavy atom. The minimum absolute atomic E-state index is 0.0980. The third-order valence-electron chi connectivity index (χ3n) is 3.50. The summed E-state index contributed by atoms with van der Waals surface area (Å²) in [6.07, 6.45) is 2.41. The van der Waals surface area contributed by atoms with E-state index in [-0.39, 0.29) is 5.84 Å². The maximum Gasteiger partial charge on any atom is 0.139 e. The van der Waals surface area contributed by atoms with Crippen molar-refractivity contribution in [1.82, 2.24) is 4.98 Å². The number of nitrogens with one attached hydrogen (secondary N) is 1. The van der Waals surface area contributed by atoms with Crippen LogP contribution in [0.4, 0.5) is 5.82 Å². The lowest BCUT2D eigenvalue weighted by molar-refractivity contribution is 0.292. The van der Waals surface area contributed by atoms with Crippen molar-refractivity contribution in [3.05, 3.63) is 23.4 Å². The number of nitrogens with two attached hydrogens (primary N) is 1. The van der Waals surface area contributed by atoms with Gasteiger partial charge in [-0.2, -0.15) is 0 Å². The van der Waals surface area contributed by atoms with E-state index in [1.165, 1.54) is 12.8 Å². The molecule has 0 unspecified atom stereocenters. The Balaban J connectivity index is 2.37. The van der Waals surface area contributed by atoms with Gasteiger partial charge in [0.1, 0.15) is 11.7 Å². The van der Waals surface area contributed by atoms with Gasteiger partial charge in [0.15, 0.2) is 0 Å². The van der Waals surface area contributed by atoms with Crippen molar-refractivity contribution in [2.45, 2.75) is 33.6 Å². The van der Waals surface area contributed by atoms with Gasteiger partial charge in [0.2, 0.25) is 0 Å². The van der Waals surface area contributed by atoms with Crippen LogP contribution >= 0.6 is 0 Å². The van der Waals surface area contributed by atoms with Crippen LogP contribution in [0.2, 0.25) is 0 Å². The van der Waals surface area contributed by atoms with Crippen LogP contribution < -0.4 is 10.6 Å². The lowest BCUT2D eigenvalue weighted by Gasteiger charge is -2.39. The zero-order valence-electron chi connectivity index (χ0n) is 11.5. The molecule has 1 aliphatic heterocycles. The number of amidine groups is 1. The largest absolute Gasteiger partial charge is 0.384 e. The van der Waals surface area contributed by atoms with E-state index in [1.807, 2.05) is 19.1 Å². The van der Waals surface area contributed by atoms with Crippen molar-refractivity contribution in [2.24, 2.45) is 11.1 Å². The van der Waals surface area contributed by atoms with Gasteiger partial charge < -0.3 is 10.6 Å². The van der Waals surface area contributed by atoms with Crippen LogP contribution in [0.5, 0.6) is 0 Å². The summed E-state index contributed by atoms with van der Waals surface area (Å²) in [5.41, 5.74) is 7.68. The van der Waals surface area contributed by atoms with Crippen molar-refractivity contribution in [3.63, 3.8) is 0 Å². The Hall–Kier alpha value is -1.58. The van der Waals surface area contributed by atoms with E-state index in [2.05, 4.69) is 23.7 Å². The van der Waals surface area contributed by atoms with Crippen LogP contribution in [-0.4, -0.2) is 23.9 Å². The molecule has 4 nitrogen and oxygen atoms in total. The van der Waals surface area contributed by atoms with Gasteiger partial charge in [-0.15, -0.1) is 0 Å². The van der Waals surface area contributed by atoms with E-state index in [1.54, 1.807) is 0 Å². The van der Waals surface area contributed by atoms with Crippen molar-refractivity contribution >= 4 is 11.7 Å². The maximum absolute atomic E-state index is 7.68. The van der Waals surface area contributed by atoms with Crippen molar-refractivity contribution in [3.8, 4) is 0 Å². The zero-order chi connectivity index (χ0) is 13.3. The van der Waals surface area contributed by atoms with Gasteiger partial charge in [-0.1, -0.05) is 13.8 Å². The minimum atomic E-state index is 0.0980. The standard InChI is InChI=1S/C14H22N4/c1-10-5-6-11(12(15)16)13(17-10)18-8-4-7-14(2,3)9-18/h5-6H,4,7-9H2,1-3H3,(H3,15,16). The molecule has 98 valence electrons. The van der Waals surface area contributed by atoms with E-state index in [0.29, 0.717) is 5.41 Å². The number of pyridine rings is 1. The number of aryl methyl sites for hydroxylation is 1. The summed E-state index contributed by atoms with van der Waals surface area (Å²) < 4.78 is 0. The molecule has 2 heterocycles. The highest BCUT2D eigenvalue weighted by molar-refractivity contribution is 5.99. The van der Waals surface area contributed by atoms with Crippen molar-refractivity contribution in [2.75, 3.05) is 18.0 Å². The highest BCUT2D eigenvalue weighted by Gasteiger charge is 2.28. The molecule has 0 spiro atoms. The highest BCUT2D eigenvalue weighted by atomic mass is 15.2. The Labute approximate surface area is 109 Å². The molecule has 3 N–H and O–H groups in total. The van der Waals surface area contributed by atoms with Crippen LogP contribution in [0.1, 0.15) is 37.9 Å². The highest BCUT2D eigenvalue weighted by Crippen LogP contribution is 2.32. The predicted molar refractivity (Wildman–Crippen MR) is 75.2 cm³/mol. The van der Waals surface area contributed by atoms with Gasteiger partial charge >= 0.3 is 0 Å². The molecule has 0 atom stereocenters. The summed E-state index contributed by atoms with van der Waals surface area (Å²) in [5, 5.41) is 7.68. The molecule has 4 heteroatoms. The molecule has 2 rings (SSSR count). The second-order valence-corrected chi connectivity index (χ2v) is 5.93. The first-order valence-electron chi connectivity index (χ1n) is 6.46. The molecule has 1 aromatic heterocycles. The molecule has 0 bridgehead atoms. The Kier molecular flexibility index (Phi) is 3.28. The molecule has 1 aliphatic rings. The third-order valence-corrected chi connectivity index (χ3v) is 3.50. The van der Waals surface area contributed by atoms with E-state index in [0.717, 1.165) is 30.2 Å². The number of nitrogen functional groups attached to an aromatic ring is 1. The minimum Gasteiger partial charge on any atom is -0.384 e. The predicted octanol–water partition coefficient (Wildman–Crippen LogP) is 2.30. The average Bonchev–Trinajstić information content (AvgIpc) is 2.27. The number of anilines is 1. The van der Waals surface area contributed by atoms with Crippen LogP contribution in [0.3, 0.4) is 0 Å². The van der Waals surface area contributed by atoms with Crippen LogP contribution in [0, 0.1) is 17.7 Å². The third kappa shape index (κ3) is 2.63. The number of rotatable bonds is 2. The Bertz CT molecular complexity index is 465. The number of hydrogen-bond acceptors (Lipinski definition) is 3. The Morgan fingerprint density at radius 2 is 2.17 bits per heavy atom. The molecule has 0 saturated carbocycles. The normalized spacial score (nSPS) is 18.7. The van der Waals surface area contributed by atoms with Crippen LogP contribution in [-0.2, 0) is 0 Å². The lowest BCUT2D eigenvalue weighted by atomic mass is 9.84. The maximum atomic E-state index is 7.68.